The number of ether oxygens (including phenoxy) is 1. The maximum atomic E-state index is 14.3. The minimum Gasteiger partial charge on any atom is -0.468 e. The zero-order valence-corrected chi connectivity index (χ0v) is 11.4. The van der Waals surface area contributed by atoms with E-state index in [0.29, 0.717) is 0 Å². The highest BCUT2D eigenvalue weighted by Crippen LogP contribution is 2.55. The number of carbonyl (C=O) groups is 2. The van der Waals surface area contributed by atoms with E-state index in [9.17, 15) is 18.4 Å². The average molecular weight is 296 g/mol. The first-order chi connectivity index (χ1) is 9.90. The zero-order valence-electron chi connectivity index (χ0n) is 11.4. The summed E-state index contributed by atoms with van der Waals surface area (Å²) in [4.78, 5) is 24.9. The largest absolute Gasteiger partial charge is 0.468 e. The van der Waals surface area contributed by atoms with E-state index in [-0.39, 0.29) is 36.3 Å². The quantitative estimate of drug-likeness (QED) is 0.653. The fourth-order valence-corrected chi connectivity index (χ4v) is 2.95. The minimum atomic E-state index is -1.25. The Labute approximate surface area is 119 Å². The minimum absolute atomic E-state index is 0.0427. The molecule has 1 aliphatic heterocycles. The van der Waals surface area contributed by atoms with Crippen molar-refractivity contribution in [1.29, 1.82) is 0 Å². The van der Waals surface area contributed by atoms with Crippen LogP contribution in [0.4, 0.5) is 14.5 Å². The predicted octanol–water partition coefficient (Wildman–Crippen LogP) is 1.02. The van der Waals surface area contributed by atoms with Crippen LogP contribution in [0.3, 0.4) is 0 Å². The first-order valence-corrected chi connectivity index (χ1v) is 6.49. The lowest BCUT2D eigenvalue weighted by molar-refractivity contribution is -0.141. The van der Waals surface area contributed by atoms with Crippen molar-refractivity contribution >= 4 is 17.6 Å². The van der Waals surface area contributed by atoms with Crippen molar-refractivity contribution in [3.05, 3.63) is 29.1 Å². The number of nitrogen functional groups attached to an aromatic ring is 1. The van der Waals surface area contributed by atoms with Crippen molar-refractivity contribution in [3.63, 3.8) is 0 Å². The molecule has 1 unspecified atom stereocenters. The van der Waals surface area contributed by atoms with Crippen LogP contribution in [0.2, 0.25) is 0 Å². The lowest BCUT2D eigenvalue weighted by Crippen LogP contribution is -2.47. The molecule has 0 bridgehead atoms. The fraction of sp³-hybridized carbons (Fsp3) is 0.429. The van der Waals surface area contributed by atoms with Gasteiger partial charge in [-0.15, -0.1) is 0 Å². The lowest BCUT2D eigenvalue weighted by atomic mass is 9.85. The molecule has 5 nitrogen and oxygen atoms in total. The molecule has 3 rings (SSSR count). The highest BCUT2D eigenvalue weighted by atomic mass is 19.1. The molecule has 112 valence electrons. The Hall–Kier alpha value is -2.18. The molecule has 7 heteroatoms. The number of esters is 1. The zero-order chi connectivity index (χ0) is 15.4. The van der Waals surface area contributed by atoms with E-state index in [1.807, 2.05) is 0 Å². The number of anilines is 1. The Morgan fingerprint density at radius 2 is 2.24 bits per heavy atom. The first kappa shape index (κ1) is 13.8. The number of methoxy groups -OCH3 is 1. The molecule has 0 saturated heterocycles. The molecular weight excluding hydrogens is 282 g/mol. The molecule has 21 heavy (non-hydrogen) atoms. The van der Waals surface area contributed by atoms with Crippen LogP contribution in [0.15, 0.2) is 12.1 Å². The number of fused-ring (bicyclic) bond motifs is 2. The van der Waals surface area contributed by atoms with Crippen LogP contribution in [-0.2, 0) is 14.9 Å². The highest BCUT2D eigenvalue weighted by Gasteiger charge is 2.62. The number of halogens is 2. The van der Waals surface area contributed by atoms with E-state index >= 15 is 0 Å². The Morgan fingerprint density at radius 3 is 2.81 bits per heavy atom. The second-order valence-electron chi connectivity index (χ2n) is 5.46. The SMILES string of the molecule is COC(=O)CN1C[C@@]2(CC2F)c2c(ccc(N)c2F)C1=O. The van der Waals surface area contributed by atoms with E-state index in [1.165, 1.54) is 24.1 Å². The molecule has 0 radical (unpaired) electrons. The van der Waals surface area contributed by atoms with Crippen LogP contribution in [0.1, 0.15) is 22.3 Å². The van der Waals surface area contributed by atoms with Gasteiger partial charge in [-0.1, -0.05) is 0 Å². The summed E-state index contributed by atoms with van der Waals surface area (Å²) in [6, 6.07) is 2.66. The van der Waals surface area contributed by atoms with Gasteiger partial charge < -0.3 is 15.4 Å². The van der Waals surface area contributed by atoms with E-state index in [1.54, 1.807) is 0 Å². The molecule has 1 aliphatic carbocycles. The summed E-state index contributed by atoms with van der Waals surface area (Å²) < 4.78 is 32.7. The smallest absolute Gasteiger partial charge is 0.325 e. The summed E-state index contributed by atoms with van der Waals surface area (Å²) in [7, 11) is 1.20. The molecule has 1 aromatic carbocycles. The van der Waals surface area contributed by atoms with Crippen molar-refractivity contribution < 1.29 is 23.1 Å². The normalized spacial score (nSPS) is 26.7. The van der Waals surface area contributed by atoms with Crippen LogP contribution in [-0.4, -0.2) is 43.1 Å². The van der Waals surface area contributed by atoms with Crippen molar-refractivity contribution in [2.75, 3.05) is 25.9 Å². The second kappa shape index (κ2) is 4.41. The molecule has 2 atom stereocenters. The van der Waals surface area contributed by atoms with E-state index in [4.69, 9.17) is 5.73 Å². The third-order valence-electron chi connectivity index (χ3n) is 4.19. The van der Waals surface area contributed by atoms with Gasteiger partial charge in [0.2, 0.25) is 0 Å². The molecule has 1 heterocycles. The van der Waals surface area contributed by atoms with Crippen LogP contribution < -0.4 is 5.73 Å². The number of amides is 1. The molecule has 1 amide bonds. The van der Waals surface area contributed by atoms with Gasteiger partial charge in [0.1, 0.15) is 12.7 Å². The fourth-order valence-electron chi connectivity index (χ4n) is 2.95. The summed E-state index contributed by atoms with van der Waals surface area (Å²) in [6.07, 6.45) is -1.13. The molecule has 1 aromatic rings. The first-order valence-electron chi connectivity index (χ1n) is 6.49. The number of rotatable bonds is 2. The molecule has 2 aliphatic rings. The summed E-state index contributed by atoms with van der Waals surface area (Å²) >= 11 is 0. The molecule has 1 spiro atoms. The van der Waals surface area contributed by atoms with Gasteiger partial charge in [0.15, 0.2) is 5.82 Å². The van der Waals surface area contributed by atoms with Crippen LogP contribution in [0.25, 0.3) is 0 Å². The van der Waals surface area contributed by atoms with E-state index in [2.05, 4.69) is 4.74 Å². The van der Waals surface area contributed by atoms with Crippen molar-refractivity contribution in [2.24, 2.45) is 0 Å². The molecule has 2 N–H and O–H groups in total. The second-order valence-corrected chi connectivity index (χ2v) is 5.46. The van der Waals surface area contributed by atoms with Gasteiger partial charge in [-0.25, -0.2) is 8.78 Å². The van der Waals surface area contributed by atoms with E-state index in [0.717, 1.165) is 0 Å². The van der Waals surface area contributed by atoms with Crippen molar-refractivity contribution in [3.8, 4) is 0 Å². The summed E-state index contributed by atoms with van der Waals surface area (Å²) in [6.45, 7) is -0.329. The van der Waals surface area contributed by atoms with Crippen molar-refractivity contribution in [2.45, 2.75) is 18.0 Å². The number of carbonyl (C=O) groups excluding carboxylic acids is 2. The summed E-state index contributed by atoms with van der Waals surface area (Å²) in [5.74, 6) is -1.85. The van der Waals surface area contributed by atoms with Gasteiger partial charge >= 0.3 is 5.97 Å². The molecule has 1 saturated carbocycles. The Bertz CT molecular complexity index is 649. The Balaban J connectivity index is 2.07. The number of hydrogen-bond donors (Lipinski definition) is 1. The maximum absolute atomic E-state index is 14.3. The van der Waals surface area contributed by atoms with Crippen LogP contribution >= 0.6 is 0 Å². The van der Waals surface area contributed by atoms with Gasteiger partial charge in [0.05, 0.1) is 18.2 Å². The lowest BCUT2D eigenvalue weighted by Gasteiger charge is -2.34. The van der Waals surface area contributed by atoms with Gasteiger partial charge in [0, 0.05) is 17.7 Å². The standard InChI is InChI=1S/C14H14F2N2O3/c1-21-10(19)5-18-6-14(4-9(14)15)11-7(13(18)20)2-3-8(17)12(11)16/h2-3,9H,4-6,17H2,1H3/t9?,14-/m1/s1. The average Bonchev–Trinajstić information content (AvgIpc) is 3.09. The summed E-state index contributed by atoms with van der Waals surface area (Å²) in [5.41, 5.74) is 4.44. The molecule has 0 aromatic heterocycles. The van der Waals surface area contributed by atoms with Crippen LogP contribution in [0.5, 0.6) is 0 Å². The van der Waals surface area contributed by atoms with E-state index < -0.39 is 29.3 Å². The Morgan fingerprint density at radius 1 is 1.57 bits per heavy atom. The van der Waals surface area contributed by atoms with Gasteiger partial charge in [-0.3, -0.25) is 9.59 Å². The number of benzene rings is 1. The monoisotopic (exact) mass is 296 g/mol. The van der Waals surface area contributed by atoms with Gasteiger partial charge in [-0.2, -0.15) is 0 Å². The summed E-state index contributed by atoms with van der Waals surface area (Å²) in [5, 5.41) is 0. The van der Waals surface area contributed by atoms with Gasteiger partial charge in [-0.05, 0) is 18.6 Å². The number of alkyl halides is 1. The Kier molecular flexibility index (Phi) is 2.89. The predicted molar refractivity (Wildman–Crippen MR) is 69.9 cm³/mol. The topological polar surface area (TPSA) is 72.6 Å². The van der Waals surface area contributed by atoms with Crippen molar-refractivity contribution in [1.82, 2.24) is 4.90 Å². The number of nitrogens with zero attached hydrogens (tertiary/aromatic N) is 1. The number of hydrogen-bond acceptors (Lipinski definition) is 4. The molecular formula is C14H14F2N2O3. The third kappa shape index (κ3) is 1.87. The van der Waals surface area contributed by atoms with Crippen LogP contribution in [0, 0.1) is 5.82 Å². The van der Waals surface area contributed by atoms with Gasteiger partial charge in [0.25, 0.3) is 5.91 Å². The maximum Gasteiger partial charge on any atom is 0.325 e. The third-order valence-corrected chi connectivity index (χ3v) is 4.19. The highest BCUT2D eigenvalue weighted by molar-refractivity contribution is 6.00. The number of nitrogens with two attached hydrogens (primary N) is 1. The molecule has 1 fully saturated rings.